The van der Waals surface area contributed by atoms with E-state index in [-0.39, 0.29) is 12.5 Å². The Bertz CT molecular complexity index is 993. The van der Waals surface area contributed by atoms with E-state index in [1.54, 1.807) is 28.9 Å². The molecule has 0 fully saturated rings. The van der Waals surface area contributed by atoms with E-state index in [1.165, 1.54) is 13.0 Å². The Labute approximate surface area is 149 Å². The van der Waals surface area contributed by atoms with Gasteiger partial charge < -0.3 is 15.8 Å². The lowest BCUT2D eigenvalue weighted by atomic mass is 10.1. The number of nitrogen functional groups attached to an aromatic ring is 1. The van der Waals surface area contributed by atoms with Gasteiger partial charge in [0.25, 0.3) is 0 Å². The maximum atomic E-state index is 14.2. The second kappa shape index (κ2) is 6.18. The second-order valence-electron chi connectivity index (χ2n) is 6.17. The molecule has 1 aromatic heterocycles. The van der Waals surface area contributed by atoms with Crippen molar-refractivity contribution in [3.63, 3.8) is 0 Å². The highest BCUT2D eigenvalue weighted by atomic mass is 19.1. The number of hydrogen-bond acceptors (Lipinski definition) is 4. The predicted molar refractivity (Wildman–Crippen MR) is 96.2 cm³/mol. The SMILES string of the molecule is CC(=O)Nc1ccc2c(c1)OCc1cc(-c3c(N)cccc3F)nn1C2. The molecule has 2 heterocycles. The third-order valence-electron chi connectivity index (χ3n) is 4.25. The first-order valence-corrected chi connectivity index (χ1v) is 8.15. The largest absolute Gasteiger partial charge is 0.487 e. The Morgan fingerprint density at radius 3 is 2.92 bits per heavy atom. The number of carbonyl (C=O) groups excluding carboxylic acids is 1. The van der Waals surface area contributed by atoms with E-state index in [0.717, 1.165) is 11.3 Å². The Kier molecular flexibility index (Phi) is 3.84. The lowest BCUT2D eigenvalue weighted by molar-refractivity contribution is -0.114. The summed E-state index contributed by atoms with van der Waals surface area (Å²) in [6, 6.07) is 11.9. The summed E-state index contributed by atoms with van der Waals surface area (Å²) < 4.78 is 21.8. The molecule has 0 saturated carbocycles. The molecular formula is C19H17FN4O2. The van der Waals surface area contributed by atoms with Gasteiger partial charge in [0.2, 0.25) is 5.91 Å². The monoisotopic (exact) mass is 352 g/mol. The molecular weight excluding hydrogens is 335 g/mol. The number of nitrogens with two attached hydrogens (primary N) is 1. The molecule has 3 N–H and O–H groups in total. The number of rotatable bonds is 2. The van der Waals surface area contributed by atoms with E-state index in [1.807, 2.05) is 12.1 Å². The van der Waals surface area contributed by atoms with Gasteiger partial charge in [-0.15, -0.1) is 0 Å². The lowest BCUT2D eigenvalue weighted by Crippen LogP contribution is -2.06. The first kappa shape index (κ1) is 16.1. The predicted octanol–water partition coefficient (Wildman–Crippen LogP) is 3.17. The zero-order chi connectivity index (χ0) is 18.3. The van der Waals surface area contributed by atoms with Crippen LogP contribution in [0.4, 0.5) is 15.8 Å². The van der Waals surface area contributed by atoms with Gasteiger partial charge in [0, 0.05) is 29.9 Å². The van der Waals surface area contributed by atoms with Gasteiger partial charge in [0.1, 0.15) is 18.2 Å². The second-order valence-corrected chi connectivity index (χ2v) is 6.17. The number of nitrogens with one attached hydrogen (secondary N) is 1. The van der Waals surface area contributed by atoms with Gasteiger partial charge in [-0.05, 0) is 24.3 Å². The molecule has 0 spiro atoms. The maximum Gasteiger partial charge on any atom is 0.221 e. The van der Waals surface area contributed by atoms with E-state index in [9.17, 15) is 9.18 Å². The summed E-state index contributed by atoms with van der Waals surface area (Å²) >= 11 is 0. The number of ether oxygens (including phenoxy) is 1. The fraction of sp³-hybridized carbons (Fsp3) is 0.158. The highest BCUT2D eigenvalue weighted by molar-refractivity contribution is 5.89. The molecule has 4 rings (SSSR count). The van der Waals surface area contributed by atoms with Crippen LogP contribution < -0.4 is 15.8 Å². The molecule has 7 heteroatoms. The van der Waals surface area contributed by atoms with Crippen LogP contribution in [0, 0.1) is 5.82 Å². The van der Waals surface area contributed by atoms with Crippen LogP contribution in [0.3, 0.4) is 0 Å². The Hall–Kier alpha value is -3.35. The van der Waals surface area contributed by atoms with Gasteiger partial charge in [0.05, 0.1) is 23.5 Å². The summed E-state index contributed by atoms with van der Waals surface area (Å²) in [5, 5.41) is 7.26. The number of carbonyl (C=O) groups is 1. The molecule has 0 aliphatic carbocycles. The standard InChI is InChI=1S/C19H17FN4O2/c1-11(25)22-13-6-5-12-9-24-14(10-26-18(12)7-13)8-17(23-24)19-15(20)3-2-4-16(19)21/h2-8H,9-10,21H2,1H3,(H,22,25). The van der Waals surface area contributed by atoms with Crippen LogP contribution in [0.1, 0.15) is 18.2 Å². The highest BCUT2D eigenvalue weighted by Crippen LogP contribution is 2.32. The zero-order valence-corrected chi connectivity index (χ0v) is 14.1. The first-order valence-electron chi connectivity index (χ1n) is 8.15. The number of fused-ring (bicyclic) bond motifs is 2. The van der Waals surface area contributed by atoms with Crippen molar-refractivity contribution in [2.75, 3.05) is 11.1 Å². The summed E-state index contributed by atoms with van der Waals surface area (Å²) in [6.45, 7) is 2.23. The van der Waals surface area contributed by atoms with E-state index < -0.39 is 5.82 Å². The first-order chi connectivity index (χ1) is 12.5. The minimum Gasteiger partial charge on any atom is -0.487 e. The number of nitrogens with zero attached hydrogens (tertiary/aromatic N) is 2. The molecule has 2 aromatic carbocycles. The maximum absolute atomic E-state index is 14.2. The number of hydrogen-bond donors (Lipinski definition) is 2. The molecule has 3 aromatic rings. The molecule has 0 radical (unpaired) electrons. The van der Waals surface area contributed by atoms with E-state index in [0.29, 0.717) is 34.9 Å². The van der Waals surface area contributed by atoms with Crippen molar-refractivity contribution in [2.24, 2.45) is 0 Å². The van der Waals surface area contributed by atoms with Crippen molar-refractivity contribution in [1.29, 1.82) is 0 Å². The van der Waals surface area contributed by atoms with Crippen LogP contribution >= 0.6 is 0 Å². The minimum atomic E-state index is -0.403. The number of halogens is 1. The topological polar surface area (TPSA) is 82.2 Å². The molecule has 0 bridgehead atoms. The van der Waals surface area contributed by atoms with Crippen LogP contribution in [0.5, 0.6) is 5.75 Å². The molecule has 0 atom stereocenters. The quantitative estimate of drug-likeness (QED) is 0.694. The van der Waals surface area contributed by atoms with E-state index in [4.69, 9.17) is 10.5 Å². The van der Waals surface area contributed by atoms with Gasteiger partial charge in [-0.2, -0.15) is 5.10 Å². The van der Waals surface area contributed by atoms with Crippen LogP contribution in [-0.4, -0.2) is 15.7 Å². The summed E-state index contributed by atoms with van der Waals surface area (Å²) in [7, 11) is 0. The van der Waals surface area contributed by atoms with Gasteiger partial charge in [-0.1, -0.05) is 12.1 Å². The van der Waals surface area contributed by atoms with E-state index in [2.05, 4.69) is 10.4 Å². The van der Waals surface area contributed by atoms with Gasteiger partial charge in [-0.25, -0.2) is 4.39 Å². The van der Waals surface area contributed by atoms with Crippen molar-refractivity contribution < 1.29 is 13.9 Å². The third kappa shape index (κ3) is 2.88. The Balaban J connectivity index is 1.69. The van der Waals surface area contributed by atoms with Crippen molar-refractivity contribution in [3.8, 4) is 17.0 Å². The van der Waals surface area contributed by atoms with E-state index >= 15 is 0 Å². The highest BCUT2D eigenvalue weighted by Gasteiger charge is 2.20. The summed E-state index contributed by atoms with van der Waals surface area (Å²) in [6.07, 6.45) is 0. The van der Waals surface area contributed by atoms with Crippen molar-refractivity contribution in [1.82, 2.24) is 9.78 Å². The lowest BCUT2D eigenvalue weighted by Gasteiger charge is -2.10. The van der Waals surface area contributed by atoms with Crippen LogP contribution in [0.25, 0.3) is 11.3 Å². The van der Waals surface area contributed by atoms with Crippen LogP contribution in [-0.2, 0) is 17.9 Å². The van der Waals surface area contributed by atoms with Crippen molar-refractivity contribution in [3.05, 3.63) is 59.5 Å². The molecule has 1 aliphatic heterocycles. The normalized spacial score (nSPS) is 12.5. The van der Waals surface area contributed by atoms with Gasteiger partial charge in [-0.3, -0.25) is 9.48 Å². The smallest absolute Gasteiger partial charge is 0.221 e. The fourth-order valence-corrected chi connectivity index (χ4v) is 3.06. The summed E-state index contributed by atoms with van der Waals surface area (Å²) in [5.74, 6) is 0.145. The molecule has 1 aliphatic rings. The number of amides is 1. The summed E-state index contributed by atoms with van der Waals surface area (Å²) in [5.41, 5.74) is 9.47. The fourth-order valence-electron chi connectivity index (χ4n) is 3.06. The van der Waals surface area contributed by atoms with Crippen molar-refractivity contribution >= 4 is 17.3 Å². The Morgan fingerprint density at radius 2 is 2.15 bits per heavy atom. The number of aromatic nitrogens is 2. The van der Waals surface area contributed by atoms with Crippen LogP contribution in [0.15, 0.2) is 42.5 Å². The number of anilines is 2. The molecule has 26 heavy (non-hydrogen) atoms. The Morgan fingerprint density at radius 1 is 1.31 bits per heavy atom. The zero-order valence-electron chi connectivity index (χ0n) is 14.1. The molecule has 0 saturated heterocycles. The van der Waals surface area contributed by atoms with Crippen LogP contribution in [0.2, 0.25) is 0 Å². The minimum absolute atomic E-state index is 0.140. The van der Waals surface area contributed by atoms with Gasteiger partial charge in [0.15, 0.2) is 0 Å². The third-order valence-corrected chi connectivity index (χ3v) is 4.25. The van der Waals surface area contributed by atoms with Gasteiger partial charge >= 0.3 is 0 Å². The van der Waals surface area contributed by atoms with Crippen molar-refractivity contribution in [2.45, 2.75) is 20.1 Å². The molecule has 6 nitrogen and oxygen atoms in total. The molecule has 1 amide bonds. The average Bonchev–Trinajstić information content (AvgIpc) is 2.88. The molecule has 0 unspecified atom stereocenters. The average molecular weight is 352 g/mol. The number of benzene rings is 2. The molecule has 132 valence electrons. The summed E-state index contributed by atoms with van der Waals surface area (Å²) in [4.78, 5) is 11.2.